The van der Waals surface area contributed by atoms with E-state index in [1.165, 1.54) is 13.2 Å². The fourth-order valence-corrected chi connectivity index (χ4v) is 2.29. The molecule has 1 fully saturated rings. The van der Waals surface area contributed by atoms with E-state index in [9.17, 15) is 4.39 Å². The first-order valence-electron chi connectivity index (χ1n) is 6.26. The molecule has 18 heavy (non-hydrogen) atoms. The summed E-state index contributed by atoms with van der Waals surface area (Å²) in [6.07, 6.45) is 2.47. The van der Waals surface area contributed by atoms with Gasteiger partial charge in [0.1, 0.15) is 0 Å². The van der Waals surface area contributed by atoms with E-state index in [2.05, 4.69) is 12.2 Å². The Balaban J connectivity index is 1.94. The highest BCUT2D eigenvalue weighted by Gasteiger charge is 2.29. The Bertz CT molecular complexity index is 405. The van der Waals surface area contributed by atoms with E-state index >= 15 is 0 Å². The molecule has 0 aliphatic heterocycles. The van der Waals surface area contributed by atoms with Gasteiger partial charge in [-0.3, -0.25) is 0 Å². The van der Waals surface area contributed by atoms with E-state index in [4.69, 9.17) is 9.47 Å². The molecule has 1 N–H and O–H groups in total. The Morgan fingerprint density at radius 1 is 1.33 bits per heavy atom. The predicted molar refractivity (Wildman–Crippen MR) is 68.3 cm³/mol. The van der Waals surface area contributed by atoms with Crippen molar-refractivity contribution >= 4 is 0 Å². The molecule has 100 valence electrons. The molecule has 2 rings (SSSR count). The first kappa shape index (κ1) is 13.3. The van der Waals surface area contributed by atoms with Crippen LogP contribution in [0.15, 0.2) is 18.2 Å². The van der Waals surface area contributed by atoms with Crippen molar-refractivity contribution in [3.8, 4) is 5.75 Å². The van der Waals surface area contributed by atoms with Crippen molar-refractivity contribution in [2.75, 3.05) is 14.2 Å². The van der Waals surface area contributed by atoms with Crippen molar-refractivity contribution in [3.63, 3.8) is 0 Å². The summed E-state index contributed by atoms with van der Waals surface area (Å²) in [5.41, 5.74) is 1.04. The predicted octanol–water partition coefficient (Wildman–Crippen LogP) is 2.66. The van der Waals surface area contributed by atoms with Gasteiger partial charge in [-0.15, -0.1) is 0 Å². The average Bonchev–Trinajstić information content (AvgIpc) is 2.33. The number of hydrogen-bond acceptors (Lipinski definition) is 3. The van der Waals surface area contributed by atoms with Gasteiger partial charge in [0.05, 0.1) is 13.2 Å². The topological polar surface area (TPSA) is 30.5 Å². The molecule has 0 bridgehead atoms. The molecular formula is C14H20FNO2. The molecule has 0 aromatic heterocycles. The summed E-state index contributed by atoms with van der Waals surface area (Å²) in [5, 5.41) is 3.51. The molecule has 0 amide bonds. The molecule has 4 heteroatoms. The SMILES string of the molecule is COc1cc(C(C)NC2CC(OC)C2)ccc1F. The fraction of sp³-hybridized carbons (Fsp3) is 0.571. The molecule has 1 saturated carbocycles. The first-order chi connectivity index (χ1) is 8.63. The third kappa shape index (κ3) is 2.82. The molecular weight excluding hydrogens is 233 g/mol. The van der Waals surface area contributed by atoms with Crippen molar-refractivity contribution in [3.05, 3.63) is 29.6 Å². The van der Waals surface area contributed by atoms with Crippen molar-refractivity contribution in [2.24, 2.45) is 0 Å². The first-order valence-corrected chi connectivity index (χ1v) is 6.26. The minimum Gasteiger partial charge on any atom is -0.494 e. The lowest BCUT2D eigenvalue weighted by molar-refractivity contribution is 0.0147. The van der Waals surface area contributed by atoms with Crippen molar-refractivity contribution < 1.29 is 13.9 Å². The maximum atomic E-state index is 13.3. The van der Waals surface area contributed by atoms with Gasteiger partial charge in [-0.25, -0.2) is 4.39 Å². The van der Waals surface area contributed by atoms with E-state index in [1.807, 2.05) is 0 Å². The van der Waals surface area contributed by atoms with Gasteiger partial charge in [0.25, 0.3) is 0 Å². The fourth-order valence-electron chi connectivity index (χ4n) is 2.29. The molecule has 1 aliphatic carbocycles. The van der Waals surface area contributed by atoms with Crippen LogP contribution in [-0.4, -0.2) is 26.4 Å². The normalized spacial score (nSPS) is 24.4. The minimum absolute atomic E-state index is 0.183. The third-order valence-corrected chi connectivity index (χ3v) is 3.59. The zero-order chi connectivity index (χ0) is 13.1. The lowest BCUT2D eigenvalue weighted by atomic mass is 9.88. The number of ether oxygens (including phenoxy) is 2. The van der Waals surface area contributed by atoms with Gasteiger partial charge in [0.2, 0.25) is 0 Å². The van der Waals surface area contributed by atoms with Gasteiger partial charge < -0.3 is 14.8 Å². The highest BCUT2D eigenvalue weighted by atomic mass is 19.1. The average molecular weight is 253 g/mol. The number of nitrogens with one attached hydrogen (secondary N) is 1. The summed E-state index contributed by atoms with van der Waals surface area (Å²) < 4.78 is 23.5. The van der Waals surface area contributed by atoms with E-state index < -0.39 is 0 Å². The molecule has 1 aromatic carbocycles. The Morgan fingerprint density at radius 2 is 2.06 bits per heavy atom. The van der Waals surface area contributed by atoms with Crippen molar-refractivity contribution in [1.29, 1.82) is 0 Å². The summed E-state index contributed by atoms with van der Waals surface area (Å²) in [6.45, 7) is 2.08. The quantitative estimate of drug-likeness (QED) is 0.875. The van der Waals surface area contributed by atoms with Gasteiger partial charge in [0.15, 0.2) is 11.6 Å². The number of benzene rings is 1. The van der Waals surface area contributed by atoms with Crippen LogP contribution >= 0.6 is 0 Å². The van der Waals surface area contributed by atoms with Gasteiger partial charge in [-0.2, -0.15) is 0 Å². The standard InChI is InChI=1S/C14H20FNO2/c1-9(16-11-7-12(8-11)17-2)10-4-5-13(15)14(6-10)18-3/h4-6,9,11-12,16H,7-8H2,1-3H3. The van der Waals surface area contributed by atoms with E-state index in [0.717, 1.165) is 18.4 Å². The van der Waals surface area contributed by atoms with Gasteiger partial charge in [0, 0.05) is 19.2 Å². The lowest BCUT2D eigenvalue weighted by Crippen LogP contribution is -2.45. The second-order valence-corrected chi connectivity index (χ2v) is 4.81. The second kappa shape index (κ2) is 5.67. The largest absolute Gasteiger partial charge is 0.494 e. The monoisotopic (exact) mass is 253 g/mol. The molecule has 1 aliphatic rings. The molecule has 1 unspecified atom stereocenters. The van der Waals surface area contributed by atoms with Crippen molar-refractivity contribution in [2.45, 2.75) is 38.0 Å². The Kier molecular flexibility index (Phi) is 4.19. The van der Waals surface area contributed by atoms with Gasteiger partial charge in [-0.1, -0.05) is 6.07 Å². The molecule has 0 heterocycles. The van der Waals surface area contributed by atoms with Gasteiger partial charge >= 0.3 is 0 Å². The number of hydrogen-bond donors (Lipinski definition) is 1. The molecule has 3 nitrogen and oxygen atoms in total. The Labute approximate surface area is 107 Å². The van der Waals surface area contributed by atoms with Crippen molar-refractivity contribution in [1.82, 2.24) is 5.32 Å². The molecule has 0 spiro atoms. The summed E-state index contributed by atoms with van der Waals surface area (Å²) in [7, 11) is 3.23. The zero-order valence-corrected chi connectivity index (χ0v) is 11.1. The number of methoxy groups -OCH3 is 2. The minimum atomic E-state index is -0.323. The molecule has 0 radical (unpaired) electrons. The zero-order valence-electron chi connectivity index (χ0n) is 11.1. The van der Waals surface area contributed by atoms with Crippen LogP contribution in [-0.2, 0) is 4.74 Å². The number of halogens is 1. The van der Waals surface area contributed by atoms with Crippen LogP contribution in [0, 0.1) is 5.82 Å². The Morgan fingerprint density at radius 3 is 2.67 bits per heavy atom. The lowest BCUT2D eigenvalue weighted by Gasteiger charge is -2.36. The van der Waals surface area contributed by atoms with E-state index in [0.29, 0.717) is 17.9 Å². The Hall–Kier alpha value is -1.13. The molecule has 1 atom stereocenters. The summed E-state index contributed by atoms with van der Waals surface area (Å²) >= 11 is 0. The summed E-state index contributed by atoms with van der Waals surface area (Å²) in [4.78, 5) is 0. The van der Waals surface area contributed by atoms with Crippen LogP contribution < -0.4 is 10.1 Å². The molecule has 0 saturated heterocycles. The smallest absolute Gasteiger partial charge is 0.165 e. The third-order valence-electron chi connectivity index (χ3n) is 3.59. The van der Waals surface area contributed by atoms with Crippen LogP contribution in [0.1, 0.15) is 31.4 Å². The van der Waals surface area contributed by atoms with Crippen LogP contribution in [0.5, 0.6) is 5.75 Å². The molecule has 1 aromatic rings. The highest BCUT2D eigenvalue weighted by Crippen LogP contribution is 2.27. The van der Waals surface area contributed by atoms with Crippen LogP contribution in [0.2, 0.25) is 0 Å². The maximum Gasteiger partial charge on any atom is 0.165 e. The second-order valence-electron chi connectivity index (χ2n) is 4.81. The summed E-state index contributed by atoms with van der Waals surface area (Å²) in [6, 6.07) is 5.66. The maximum absolute atomic E-state index is 13.3. The summed E-state index contributed by atoms with van der Waals surface area (Å²) in [5.74, 6) is -0.0268. The van der Waals surface area contributed by atoms with Crippen LogP contribution in [0.3, 0.4) is 0 Å². The number of rotatable bonds is 5. The van der Waals surface area contributed by atoms with Crippen LogP contribution in [0.25, 0.3) is 0 Å². The van der Waals surface area contributed by atoms with Gasteiger partial charge in [-0.05, 0) is 37.5 Å². The van der Waals surface area contributed by atoms with Crippen LogP contribution in [0.4, 0.5) is 4.39 Å². The van der Waals surface area contributed by atoms with E-state index in [1.54, 1.807) is 19.2 Å². The van der Waals surface area contributed by atoms with E-state index in [-0.39, 0.29) is 11.9 Å². The highest BCUT2D eigenvalue weighted by molar-refractivity contribution is 5.32.